The summed E-state index contributed by atoms with van der Waals surface area (Å²) in [7, 11) is 0. The van der Waals surface area contributed by atoms with Gasteiger partial charge in [-0.2, -0.15) is 9.61 Å². The van der Waals surface area contributed by atoms with Crippen molar-refractivity contribution in [3.8, 4) is 0 Å². The third-order valence-electron chi connectivity index (χ3n) is 2.49. The van der Waals surface area contributed by atoms with Crippen LogP contribution in [0.5, 0.6) is 0 Å². The van der Waals surface area contributed by atoms with E-state index in [0.29, 0.717) is 12.0 Å². The standard InChI is InChI=1S/C11H9FN4S/c1-7-13-14-11-16(7)15-10(17-11)6-8-4-2-3-5-9(8)12/h2-5H,6H2,1H3. The maximum Gasteiger partial charge on any atom is 0.234 e. The molecule has 3 rings (SSSR count). The molecule has 0 aliphatic heterocycles. The van der Waals surface area contributed by atoms with E-state index in [1.165, 1.54) is 17.4 Å². The first-order chi connectivity index (χ1) is 8.24. The molecule has 0 aliphatic rings. The highest BCUT2D eigenvalue weighted by Gasteiger charge is 2.10. The van der Waals surface area contributed by atoms with E-state index in [1.807, 2.05) is 13.0 Å². The lowest BCUT2D eigenvalue weighted by Crippen LogP contribution is -1.94. The van der Waals surface area contributed by atoms with Crippen LogP contribution in [0.2, 0.25) is 0 Å². The topological polar surface area (TPSA) is 43.1 Å². The van der Waals surface area contributed by atoms with E-state index < -0.39 is 0 Å². The first kappa shape index (κ1) is 10.3. The Labute approximate surface area is 101 Å². The molecule has 0 aliphatic carbocycles. The molecule has 3 aromatic rings. The summed E-state index contributed by atoms with van der Waals surface area (Å²) in [6.45, 7) is 1.84. The Balaban J connectivity index is 1.97. The van der Waals surface area contributed by atoms with Crippen molar-refractivity contribution in [1.29, 1.82) is 0 Å². The number of halogens is 1. The van der Waals surface area contributed by atoms with Crippen molar-refractivity contribution >= 4 is 16.3 Å². The van der Waals surface area contributed by atoms with Gasteiger partial charge in [-0.25, -0.2) is 4.39 Å². The minimum absolute atomic E-state index is 0.199. The van der Waals surface area contributed by atoms with Gasteiger partial charge in [0.25, 0.3) is 0 Å². The van der Waals surface area contributed by atoms with Crippen molar-refractivity contribution in [3.63, 3.8) is 0 Å². The van der Waals surface area contributed by atoms with Crippen LogP contribution in [0.4, 0.5) is 4.39 Å². The number of nitrogens with zero attached hydrogens (tertiary/aromatic N) is 4. The number of hydrogen-bond donors (Lipinski definition) is 0. The lowest BCUT2D eigenvalue weighted by atomic mass is 10.1. The Morgan fingerprint density at radius 1 is 1.29 bits per heavy atom. The second kappa shape index (κ2) is 3.89. The number of fused-ring (bicyclic) bond motifs is 1. The number of hydrogen-bond acceptors (Lipinski definition) is 4. The van der Waals surface area contributed by atoms with Gasteiger partial charge in [0.2, 0.25) is 4.96 Å². The van der Waals surface area contributed by atoms with Gasteiger partial charge in [-0.15, -0.1) is 10.2 Å². The highest BCUT2D eigenvalue weighted by atomic mass is 32.1. The Morgan fingerprint density at radius 2 is 2.12 bits per heavy atom. The molecule has 1 aromatic carbocycles. The third-order valence-corrected chi connectivity index (χ3v) is 3.39. The Morgan fingerprint density at radius 3 is 2.88 bits per heavy atom. The molecule has 0 saturated carbocycles. The lowest BCUT2D eigenvalue weighted by Gasteiger charge is -1.98. The van der Waals surface area contributed by atoms with Gasteiger partial charge in [0, 0.05) is 6.42 Å². The normalized spacial score (nSPS) is 11.2. The highest BCUT2D eigenvalue weighted by molar-refractivity contribution is 7.16. The average Bonchev–Trinajstić information content (AvgIpc) is 2.85. The predicted octanol–water partition coefficient (Wildman–Crippen LogP) is 2.22. The predicted molar refractivity (Wildman–Crippen MR) is 62.6 cm³/mol. The van der Waals surface area contributed by atoms with Gasteiger partial charge < -0.3 is 0 Å². The molecule has 6 heteroatoms. The van der Waals surface area contributed by atoms with Crippen LogP contribution in [0.1, 0.15) is 16.4 Å². The van der Waals surface area contributed by atoms with Crippen molar-refractivity contribution < 1.29 is 4.39 Å². The zero-order valence-corrected chi connectivity index (χ0v) is 9.91. The van der Waals surface area contributed by atoms with Crippen LogP contribution in [-0.4, -0.2) is 19.8 Å². The molecule has 2 heterocycles. The van der Waals surface area contributed by atoms with Gasteiger partial charge in [0.05, 0.1) is 0 Å². The fraction of sp³-hybridized carbons (Fsp3) is 0.182. The van der Waals surface area contributed by atoms with Gasteiger partial charge in [-0.3, -0.25) is 0 Å². The molecule has 0 unspecified atom stereocenters. The second-order valence-electron chi connectivity index (χ2n) is 3.71. The molecule has 2 aromatic heterocycles. The van der Waals surface area contributed by atoms with Gasteiger partial charge in [0.1, 0.15) is 10.8 Å². The molecule has 17 heavy (non-hydrogen) atoms. The number of benzene rings is 1. The van der Waals surface area contributed by atoms with Crippen LogP contribution < -0.4 is 0 Å². The molecule has 0 fully saturated rings. The van der Waals surface area contributed by atoms with Crippen LogP contribution in [0.3, 0.4) is 0 Å². The summed E-state index contributed by atoms with van der Waals surface area (Å²) >= 11 is 1.43. The largest absolute Gasteiger partial charge is 0.234 e. The van der Waals surface area contributed by atoms with E-state index in [4.69, 9.17) is 0 Å². The third kappa shape index (κ3) is 1.80. The van der Waals surface area contributed by atoms with E-state index >= 15 is 0 Å². The SMILES string of the molecule is Cc1nnc2sc(Cc3ccccc3F)nn12. The van der Waals surface area contributed by atoms with Gasteiger partial charge in [-0.1, -0.05) is 29.5 Å². The number of aryl methyl sites for hydroxylation is 1. The molecule has 0 atom stereocenters. The molecular weight excluding hydrogens is 239 g/mol. The zero-order valence-electron chi connectivity index (χ0n) is 9.09. The van der Waals surface area contributed by atoms with Crippen molar-refractivity contribution in [1.82, 2.24) is 19.8 Å². The van der Waals surface area contributed by atoms with Gasteiger partial charge in [0.15, 0.2) is 5.82 Å². The van der Waals surface area contributed by atoms with E-state index in [1.54, 1.807) is 16.6 Å². The van der Waals surface area contributed by atoms with Crippen molar-refractivity contribution in [2.24, 2.45) is 0 Å². The van der Waals surface area contributed by atoms with E-state index in [2.05, 4.69) is 15.3 Å². The summed E-state index contributed by atoms with van der Waals surface area (Å²) in [5, 5.41) is 13.1. The van der Waals surface area contributed by atoms with E-state index in [9.17, 15) is 4.39 Å². The molecule has 0 amide bonds. The van der Waals surface area contributed by atoms with Gasteiger partial charge in [-0.05, 0) is 18.6 Å². The fourth-order valence-corrected chi connectivity index (χ4v) is 2.53. The van der Waals surface area contributed by atoms with Crippen LogP contribution in [0.15, 0.2) is 24.3 Å². The average molecular weight is 248 g/mol. The summed E-state index contributed by atoms with van der Waals surface area (Å²) in [6.07, 6.45) is 0.486. The van der Waals surface area contributed by atoms with Crippen molar-refractivity contribution in [3.05, 3.63) is 46.5 Å². The molecule has 0 radical (unpaired) electrons. The quantitative estimate of drug-likeness (QED) is 0.698. The molecule has 0 spiro atoms. The summed E-state index contributed by atoms with van der Waals surface area (Å²) in [4.78, 5) is 0.744. The second-order valence-corrected chi connectivity index (χ2v) is 4.75. The number of rotatable bonds is 2. The minimum Gasteiger partial charge on any atom is -0.207 e. The van der Waals surface area contributed by atoms with Crippen LogP contribution >= 0.6 is 11.3 Å². The van der Waals surface area contributed by atoms with Crippen molar-refractivity contribution in [2.45, 2.75) is 13.3 Å². The van der Waals surface area contributed by atoms with Crippen LogP contribution in [-0.2, 0) is 6.42 Å². The first-order valence-electron chi connectivity index (χ1n) is 5.15. The Hall–Kier alpha value is -1.82. The minimum atomic E-state index is -0.199. The molecule has 0 N–H and O–H groups in total. The summed E-state index contributed by atoms with van der Waals surface area (Å²) in [6, 6.07) is 6.73. The van der Waals surface area contributed by atoms with Crippen LogP contribution in [0, 0.1) is 12.7 Å². The summed E-state index contributed by atoms with van der Waals surface area (Å²) in [5.41, 5.74) is 0.648. The molecule has 86 valence electrons. The molecule has 0 bridgehead atoms. The lowest BCUT2D eigenvalue weighted by molar-refractivity contribution is 0.613. The zero-order chi connectivity index (χ0) is 11.8. The molecular formula is C11H9FN4S. The van der Waals surface area contributed by atoms with E-state index in [-0.39, 0.29) is 5.82 Å². The van der Waals surface area contributed by atoms with Crippen molar-refractivity contribution in [2.75, 3.05) is 0 Å². The van der Waals surface area contributed by atoms with Gasteiger partial charge >= 0.3 is 0 Å². The maximum atomic E-state index is 13.5. The smallest absolute Gasteiger partial charge is 0.207 e. The Kier molecular flexibility index (Phi) is 2.36. The summed E-state index contributed by atoms with van der Waals surface area (Å²) in [5.74, 6) is 0.547. The first-order valence-corrected chi connectivity index (χ1v) is 5.97. The maximum absolute atomic E-state index is 13.5. The fourth-order valence-electron chi connectivity index (χ4n) is 1.63. The Bertz CT molecular complexity index is 673. The number of aromatic nitrogens is 4. The van der Waals surface area contributed by atoms with E-state index in [0.717, 1.165) is 15.8 Å². The monoisotopic (exact) mass is 248 g/mol. The highest BCUT2D eigenvalue weighted by Crippen LogP contribution is 2.18. The summed E-state index contributed by atoms with van der Waals surface area (Å²) < 4.78 is 15.2. The van der Waals surface area contributed by atoms with Crippen LogP contribution in [0.25, 0.3) is 4.96 Å². The molecule has 4 nitrogen and oxygen atoms in total. The molecule has 0 saturated heterocycles.